The summed E-state index contributed by atoms with van der Waals surface area (Å²) in [6.07, 6.45) is -0.298. The van der Waals surface area contributed by atoms with Gasteiger partial charge in [-0.2, -0.15) is 11.3 Å². The summed E-state index contributed by atoms with van der Waals surface area (Å²) in [6.45, 7) is 0. The summed E-state index contributed by atoms with van der Waals surface area (Å²) in [5.41, 5.74) is -0.261. The predicted molar refractivity (Wildman–Crippen MR) is 103 cm³/mol. The third-order valence-electron chi connectivity index (χ3n) is 3.63. The van der Waals surface area contributed by atoms with Gasteiger partial charge in [-0.05, 0) is 63.9 Å². The molecular weight excluding hydrogens is 498 g/mol. The van der Waals surface area contributed by atoms with Crippen LogP contribution in [0.5, 0.6) is 0 Å². The lowest BCUT2D eigenvalue weighted by Gasteiger charge is -2.14. The molecule has 0 fully saturated rings. The standard InChI is InChI=1S/C17H11F3INO2S2/c18-14-3-4-16(22-26(23,24)12-5-6-25-9-12)13(17(14)20)7-10-1-2-11(21)8-15(10)19/h1-6,8-9,22H,7H2. The molecule has 1 aromatic heterocycles. The molecule has 0 unspecified atom stereocenters. The van der Waals surface area contributed by atoms with Crippen LogP contribution in [0, 0.1) is 21.0 Å². The monoisotopic (exact) mass is 509 g/mol. The highest BCUT2D eigenvalue weighted by molar-refractivity contribution is 14.1. The van der Waals surface area contributed by atoms with Crippen molar-refractivity contribution in [2.45, 2.75) is 11.3 Å². The summed E-state index contributed by atoms with van der Waals surface area (Å²) in [7, 11) is -3.95. The van der Waals surface area contributed by atoms with Gasteiger partial charge >= 0.3 is 0 Å². The number of nitrogens with one attached hydrogen (secondary N) is 1. The Hall–Kier alpha value is -1.59. The van der Waals surface area contributed by atoms with E-state index < -0.39 is 27.5 Å². The molecule has 1 heterocycles. The molecule has 0 amide bonds. The Labute approximate surface area is 166 Å². The minimum atomic E-state index is -3.95. The van der Waals surface area contributed by atoms with Crippen molar-refractivity contribution in [3.05, 3.63) is 79.3 Å². The highest BCUT2D eigenvalue weighted by atomic mass is 127. The van der Waals surface area contributed by atoms with Gasteiger partial charge in [0.1, 0.15) is 5.82 Å². The van der Waals surface area contributed by atoms with Crippen molar-refractivity contribution < 1.29 is 21.6 Å². The van der Waals surface area contributed by atoms with Crippen molar-refractivity contribution in [3.63, 3.8) is 0 Å². The van der Waals surface area contributed by atoms with Crippen LogP contribution in [0.15, 0.2) is 52.1 Å². The molecule has 0 aliphatic rings. The molecule has 0 saturated heterocycles. The van der Waals surface area contributed by atoms with Gasteiger partial charge in [0.15, 0.2) is 11.6 Å². The van der Waals surface area contributed by atoms with Gasteiger partial charge < -0.3 is 0 Å². The lowest BCUT2D eigenvalue weighted by molar-refractivity contribution is 0.500. The minimum Gasteiger partial charge on any atom is -0.279 e. The van der Waals surface area contributed by atoms with E-state index in [0.717, 1.165) is 12.1 Å². The van der Waals surface area contributed by atoms with Crippen LogP contribution in [-0.4, -0.2) is 8.42 Å². The highest BCUT2D eigenvalue weighted by Crippen LogP contribution is 2.28. The van der Waals surface area contributed by atoms with E-state index in [-0.39, 0.29) is 28.1 Å². The zero-order valence-corrected chi connectivity index (χ0v) is 16.8. The smallest absolute Gasteiger partial charge is 0.262 e. The SMILES string of the molecule is O=S(=O)(Nc1ccc(F)c(F)c1Cc1ccc(I)cc1F)c1ccsc1. The topological polar surface area (TPSA) is 46.2 Å². The second-order valence-corrected chi connectivity index (χ2v) is 9.07. The fourth-order valence-electron chi connectivity index (χ4n) is 2.33. The summed E-state index contributed by atoms with van der Waals surface area (Å²) in [5, 5.41) is 3.00. The fraction of sp³-hybridized carbons (Fsp3) is 0.0588. The highest BCUT2D eigenvalue weighted by Gasteiger charge is 2.21. The average Bonchev–Trinajstić information content (AvgIpc) is 3.11. The molecule has 0 saturated carbocycles. The molecule has 2 aromatic carbocycles. The van der Waals surface area contributed by atoms with Gasteiger partial charge in [-0.15, -0.1) is 0 Å². The Bertz CT molecular complexity index is 1050. The van der Waals surface area contributed by atoms with Crippen LogP contribution in [0.3, 0.4) is 0 Å². The van der Waals surface area contributed by atoms with Crippen molar-refractivity contribution in [2.75, 3.05) is 4.72 Å². The lowest BCUT2D eigenvalue weighted by Crippen LogP contribution is -2.15. The van der Waals surface area contributed by atoms with Crippen LogP contribution in [0.1, 0.15) is 11.1 Å². The van der Waals surface area contributed by atoms with Crippen molar-refractivity contribution in [2.24, 2.45) is 0 Å². The fourth-order valence-corrected chi connectivity index (χ4v) is 4.90. The lowest BCUT2D eigenvalue weighted by atomic mass is 10.0. The first-order chi connectivity index (χ1) is 12.3. The summed E-state index contributed by atoms with van der Waals surface area (Å²) < 4.78 is 69.8. The Kier molecular flexibility index (Phi) is 5.58. The van der Waals surface area contributed by atoms with E-state index >= 15 is 0 Å². The van der Waals surface area contributed by atoms with Gasteiger partial charge in [0.25, 0.3) is 10.0 Å². The zero-order valence-electron chi connectivity index (χ0n) is 13.0. The van der Waals surface area contributed by atoms with Crippen molar-refractivity contribution in [1.82, 2.24) is 0 Å². The summed E-state index contributed by atoms with van der Waals surface area (Å²) in [4.78, 5) is 0.0126. The van der Waals surface area contributed by atoms with Gasteiger partial charge in [-0.1, -0.05) is 6.07 Å². The summed E-state index contributed by atoms with van der Waals surface area (Å²) >= 11 is 3.12. The number of sulfonamides is 1. The Morgan fingerprint density at radius 1 is 1.04 bits per heavy atom. The average molecular weight is 509 g/mol. The number of hydrogen-bond donors (Lipinski definition) is 1. The molecule has 0 radical (unpaired) electrons. The van der Waals surface area contributed by atoms with Crippen molar-refractivity contribution in [1.29, 1.82) is 0 Å². The third-order valence-corrected chi connectivity index (χ3v) is 6.49. The molecule has 0 aliphatic heterocycles. The van der Waals surface area contributed by atoms with E-state index in [1.807, 2.05) is 22.6 Å². The number of benzene rings is 2. The third kappa shape index (κ3) is 4.04. The van der Waals surface area contributed by atoms with Gasteiger partial charge in [0.2, 0.25) is 0 Å². The Morgan fingerprint density at radius 3 is 2.46 bits per heavy atom. The van der Waals surface area contributed by atoms with E-state index in [4.69, 9.17) is 0 Å². The number of halogens is 4. The van der Waals surface area contributed by atoms with Crippen LogP contribution < -0.4 is 4.72 Å². The first kappa shape index (κ1) is 19.2. The van der Waals surface area contributed by atoms with Gasteiger partial charge in [0, 0.05) is 20.9 Å². The van der Waals surface area contributed by atoms with Crippen LogP contribution in [-0.2, 0) is 16.4 Å². The molecule has 3 aromatic rings. The Balaban J connectivity index is 2.03. The van der Waals surface area contributed by atoms with Gasteiger partial charge in [0.05, 0.1) is 10.6 Å². The Morgan fingerprint density at radius 2 is 1.81 bits per heavy atom. The van der Waals surface area contributed by atoms with Crippen LogP contribution in [0.2, 0.25) is 0 Å². The van der Waals surface area contributed by atoms with E-state index in [1.54, 1.807) is 11.4 Å². The molecule has 0 spiro atoms. The van der Waals surface area contributed by atoms with Crippen molar-refractivity contribution >= 4 is 49.6 Å². The molecule has 0 atom stereocenters. The van der Waals surface area contributed by atoms with E-state index in [1.165, 1.54) is 34.9 Å². The number of hydrogen-bond acceptors (Lipinski definition) is 3. The molecule has 26 heavy (non-hydrogen) atoms. The maximum atomic E-state index is 14.3. The molecule has 1 N–H and O–H groups in total. The van der Waals surface area contributed by atoms with E-state index in [2.05, 4.69) is 4.72 Å². The van der Waals surface area contributed by atoms with Gasteiger partial charge in [-0.25, -0.2) is 21.6 Å². The van der Waals surface area contributed by atoms with E-state index in [9.17, 15) is 21.6 Å². The molecule has 0 aliphatic carbocycles. The molecular formula is C17H11F3INO2S2. The first-order valence-electron chi connectivity index (χ1n) is 7.24. The van der Waals surface area contributed by atoms with Crippen molar-refractivity contribution in [3.8, 4) is 0 Å². The molecule has 9 heteroatoms. The van der Waals surface area contributed by atoms with Crippen LogP contribution in [0.25, 0.3) is 0 Å². The first-order valence-corrected chi connectivity index (χ1v) is 10.7. The molecule has 3 rings (SSSR count). The quantitative estimate of drug-likeness (QED) is 0.483. The van der Waals surface area contributed by atoms with E-state index in [0.29, 0.717) is 3.57 Å². The number of rotatable bonds is 5. The van der Waals surface area contributed by atoms with Crippen LogP contribution >= 0.6 is 33.9 Å². The second-order valence-electron chi connectivity index (χ2n) is 5.36. The summed E-state index contributed by atoms with van der Waals surface area (Å²) in [6, 6.07) is 7.70. The summed E-state index contributed by atoms with van der Waals surface area (Å²) in [5.74, 6) is -2.93. The molecule has 0 bridgehead atoms. The number of anilines is 1. The normalized spacial score (nSPS) is 11.5. The second kappa shape index (κ2) is 7.57. The maximum Gasteiger partial charge on any atom is 0.262 e. The largest absolute Gasteiger partial charge is 0.279 e. The molecule has 3 nitrogen and oxygen atoms in total. The maximum absolute atomic E-state index is 14.3. The number of thiophene rings is 1. The zero-order chi connectivity index (χ0) is 18.9. The molecule has 136 valence electrons. The van der Waals surface area contributed by atoms with Gasteiger partial charge in [-0.3, -0.25) is 4.72 Å². The van der Waals surface area contributed by atoms with Crippen LogP contribution in [0.4, 0.5) is 18.9 Å². The predicted octanol–water partition coefficient (Wildman–Crippen LogP) is 5.16. The minimum absolute atomic E-state index is 0.0126.